The molecule has 0 atom stereocenters. The molecule has 112 valence electrons. The second-order valence-corrected chi connectivity index (χ2v) is 6.80. The highest BCUT2D eigenvalue weighted by atomic mass is 32.1. The molecule has 1 aromatic rings. The topological polar surface area (TPSA) is 49.3 Å². The Kier molecular flexibility index (Phi) is 5.83. The first-order valence-electron chi connectivity index (χ1n) is 7.62. The quantitative estimate of drug-likeness (QED) is 0.663. The van der Waals surface area contributed by atoms with Crippen molar-refractivity contribution in [3.63, 3.8) is 0 Å². The highest BCUT2D eigenvalue weighted by Gasteiger charge is 2.18. The number of nitrogens with zero attached hydrogens (tertiary/aromatic N) is 2. The van der Waals surface area contributed by atoms with Gasteiger partial charge in [0.2, 0.25) is 0 Å². The molecule has 1 aromatic heterocycles. The van der Waals surface area contributed by atoms with Gasteiger partial charge in [0.1, 0.15) is 5.01 Å². The number of guanidine groups is 1. The van der Waals surface area contributed by atoms with Crippen molar-refractivity contribution in [1.82, 2.24) is 15.6 Å². The number of thiazole rings is 1. The van der Waals surface area contributed by atoms with Gasteiger partial charge >= 0.3 is 0 Å². The van der Waals surface area contributed by atoms with Gasteiger partial charge in [-0.25, -0.2) is 4.98 Å². The third-order valence-corrected chi connectivity index (χ3v) is 5.08. The van der Waals surface area contributed by atoms with Crippen molar-refractivity contribution < 1.29 is 0 Å². The number of aryl methyl sites for hydroxylation is 1. The average Bonchev–Trinajstić information content (AvgIpc) is 2.93. The van der Waals surface area contributed by atoms with Gasteiger partial charge in [0, 0.05) is 24.2 Å². The number of nitrogens with one attached hydrogen (secondary N) is 2. The maximum atomic E-state index is 4.42. The molecule has 1 aliphatic carbocycles. The fourth-order valence-electron chi connectivity index (χ4n) is 2.54. The second-order valence-electron chi connectivity index (χ2n) is 5.60. The van der Waals surface area contributed by atoms with Crippen molar-refractivity contribution in [3.8, 4) is 0 Å². The summed E-state index contributed by atoms with van der Waals surface area (Å²) in [5.74, 6) is 1.78. The fraction of sp³-hybridized carbons (Fsp3) is 0.733. The molecule has 0 aliphatic heterocycles. The van der Waals surface area contributed by atoms with Gasteiger partial charge in [0.25, 0.3) is 0 Å². The molecule has 1 saturated carbocycles. The zero-order valence-corrected chi connectivity index (χ0v) is 13.6. The maximum absolute atomic E-state index is 4.42. The van der Waals surface area contributed by atoms with E-state index in [1.807, 2.05) is 13.2 Å². The smallest absolute Gasteiger partial charge is 0.191 e. The van der Waals surface area contributed by atoms with Crippen molar-refractivity contribution in [2.24, 2.45) is 10.9 Å². The van der Waals surface area contributed by atoms with Crippen molar-refractivity contribution in [2.45, 2.75) is 58.5 Å². The van der Waals surface area contributed by atoms with E-state index in [9.17, 15) is 0 Å². The van der Waals surface area contributed by atoms with E-state index in [1.165, 1.54) is 30.6 Å². The number of aromatic nitrogens is 1. The molecule has 2 N–H and O–H groups in total. The van der Waals surface area contributed by atoms with E-state index >= 15 is 0 Å². The molecule has 0 saturated heterocycles. The SMILES string of the molecule is CCc1cnc(CNC(=NC)NC2CCC(C)CC2)s1. The number of hydrogen-bond donors (Lipinski definition) is 2. The van der Waals surface area contributed by atoms with Crippen LogP contribution in [0.1, 0.15) is 49.4 Å². The van der Waals surface area contributed by atoms with Crippen LogP contribution in [-0.2, 0) is 13.0 Å². The Bertz CT molecular complexity index is 433. The summed E-state index contributed by atoms with van der Waals surface area (Å²) >= 11 is 1.78. The largest absolute Gasteiger partial charge is 0.354 e. The van der Waals surface area contributed by atoms with Gasteiger partial charge in [0.15, 0.2) is 5.96 Å². The third-order valence-electron chi connectivity index (χ3n) is 3.94. The van der Waals surface area contributed by atoms with E-state index in [0.717, 1.165) is 29.9 Å². The van der Waals surface area contributed by atoms with E-state index < -0.39 is 0 Å². The molecular formula is C15H26N4S. The lowest BCUT2D eigenvalue weighted by Gasteiger charge is -2.28. The molecule has 0 amide bonds. The summed E-state index contributed by atoms with van der Waals surface area (Å²) in [7, 11) is 1.83. The molecule has 0 aromatic carbocycles. The van der Waals surface area contributed by atoms with Crippen molar-refractivity contribution in [1.29, 1.82) is 0 Å². The summed E-state index contributed by atoms with van der Waals surface area (Å²) in [6.07, 6.45) is 8.17. The minimum absolute atomic E-state index is 0.569. The van der Waals surface area contributed by atoms with Gasteiger partial charge in [-0.15, -0.1) is 11.3 Å². The molecule has 1 aliphatic rings. The molecule has 0 radical (unpaired) electrons. The predicted molar refractivity (Wildman–Crippen MR) is 86.2 cm³/mol. The van der Waals surface area contributed by atoms with Crippen LogP contribution in [0.4, 0.5) is 0 Å². The number of hydrogen-bond acceptors (Lipinski definition) is 3. The predicted octanol–water partition coefficient (Wildman–Crippen LogP) is 2.95. The summed E-state index contributed by atoms with van der Waals surface area (Å²) in [6.45, 7) is 5.26. The van der Waals surface area contributed by atoms with Crippen LogP contribution in [0.3, 0.4) is 0 Å². The molecule has 0 bridgehead atoms. The molecule has 20 heavy (non-hydrogen) atoms. The Hall–Kier alpha value is -1.10. The lowest BCUT2D eigenvalue weighted by molar-refractivity contribution is 0.329. The Morgan fingerprint density at radius 1 is 1.40 bits per heavy atom. The highest BCUT2D eigenvalue weighted by molar-refractivity contribution is 7.11. The number of rotatable bonds is 4. The van der Waals surface area contributed by atoms with Crippen LogP contribution in [0.15, 0.2) is 11.2 Å². The van der Waals surface area contributed by atoms with E-state index in [2.05, 4.69) is 34.5 Å². The molecule has 4 nitrogen and oxygen atoms in total. The van der Waals surface area contributed by atoms with Gasteiger partial charge in [-0.05, 0) is 38.0 Å². The molecule has 0 spiro atoms. The van der Waals surface area contributed by atoms with Gasteiger partial charge in [-0.2, -0.15) is 0 Å². The Morgan fingerprint density at radius 3 is 2.75 bits per heavy atom. The van der Waals surface area contributed by atoms with E-state index in [-0.39, 0.29) is 0 Å². The first-order valence-corrected chi connectivity index (χ1v) is 8.43. The normalized spacial score (nSPS) is 23.6. The first-order chi connectivity index (χ1) is 9.71. The lowest BCUT2D eigenvalue weighted by Crippen LogP contribution is -2.44. The minimum Gasteiger partial charge on any atom is -0.354 e. The van der Waals surface area contributed by atoms with Crippen molar-refractivity contribution in [3.05, 3.63) is 16.1 Å². The zero-order chi connectivity index (χ0) is 14.4. The molecular weight excluding hydrogens is 268 g/mol. The van der Waals surface area contributed by atoms with Crippen LogP contribution in [0.25, 0.3) is 0 Å². The highest BCUT2D eigenvalue weighted by Crippen LogP contribution is 2.23. The lowest BCUT2D eigenvalue weighted by atomic mass is 9.87. The van der Waals surface area contributed by atoms with Crippen LogP contribution in [0.2, 0.25) is 0 Å². The summed E-state index contributed by atoms with van der Waals surface area (Å²) in [5, 5.41) is 8.03. The monoisotopic (exact) mass is 294 g/mol. The fourth-order valence-corrected chi connectivity index (χ4v) is 3.35. The Labute approximate surface area is 126 Å². The van der Waals surface area contributed by atoms with E-state index in [4.69, 9.17) is 0 Å². The van der Waals surface area contributed by atoms with Crippen LogP contribution >= 0.6 is 11.3 Å². The number of aliphatic imine (C=N–C) groups is 1. The molecule has 1 heterocycles. The maximum Gasteiger partial charge on any atom is 0.191 e. The first kappa shape index (κ1) is 15.3. The minimum atomic E-state index is 0.569. The summed E-state index contributed by atoms with van der Waals surface area (Å²) in [6, 6.07) is 0.569. The van der Waals surface area contributed by atoms with Gasteiger partial charge in [-0.3, -0.25) is 4.99 Å². The summed E-state index contributed by atoms with van der Waals surface area (Å²) < 4.78 is 0. The van der Waals surface area contributed by atoms with Crippen LogP contribution in [-0.4, -0.2) is 24.0 Å². The Morgan fingerprint density at radius 2 is 2.15 bits per heavy atom. The molecule has 2 rings (SSSR count). The summed E-state index contributed by atoms with van der Waals surface area (Å²) in [4.78, 5) is 10.1. The van der Waals surface area contributed by atoms with Crippen molar-refractivity contribution in [2.75, 3.05) is 7.05 Å². The second kappa shape index (κ2) is 7.62. The Balaban J connectivity index is 1.77. The zero-order valence-electron chi connectivity index (χ0n) is 12.8. The van der Waals surface area contributed by atoms with Gasteiger partial charge in [0.05, 0.1) is 6.54 Å². The van der Waals surface area contributed by atoms with Crippen LogP contribution in [0.5, 0.6) is 0 Å². The van der Waals surface area contributed by atoms with Gasteiger partial charge < -0.3 is 10.6 Å². The average molecular weight is 294 g/mol. The van der Waals surface area contributed by atoms with Crippen LogP contribution < -0.4 is 10.6 Å². The summed E-state index contributed by atoms with van der Waals surface area (Å²) in [5.41, 5.74) is 0. The van der Waals surface area contributed by atoms with Gasteiger partial charge in [-0.1, -0.05) is 13.8 Å². The standard InChI is InChI=1S/C15H26N4S/c1-4-13-9-17-14(20-13)10-18-15(16-3)19-12-7-5-11(2)6-8-12/h9,11-12H,4-8,10H2,1-3H3,(H2,16,18,19). The molecule has 5 heteroatoms. The van der Waals surface area contributed by atoms with E-state index in [0.29, 0.717) is 6.04 Å². The van der Waals surface area contributed by atoms with E-state index in [1.54, 1.807) is 11.3 Å². The van der Waals surface area contributed by atoms with Crippen molar-refractivity contribution >= 4 is 17.3 Å². The third kappa shape index (κ3) is 4.47. The molecule has 0 unspecified atom stereocenters. The molecule has 1 fully saturated rings. The van der Waals surface area contributed by atoms with Crippen LogP contribution in [0, 0.1) is 5.92 Å².